The molecular weight excluding hydrogens is 197 g/mol. The van der Waals surface area contributed by atoms with Crippen LogP contribution < -0.4 is 0 Å². The average Bonchev–Trinajstić information content (AvgIpc) is 1.82. The molecule has 0 aromatic heterocycles. The van der Waals surface area contributed by atoms with E-state index in [4.69, 9.17) is 15.8 Å². The van der Waals surface area contributed by atoms with Gasteiger partial charge in [-0.05, 0) is 46.0 Å². The third kappa shape index (κ3) is 3.90. The van der Waals surface area contributed by atoms with Gasteiger partial charge in [0.15, 0.2) is 0 Å². The van der Waals surface area contributed by atoms with Crippen molar-refractivity contribution in [2.24, 2.45) is 0 Å². The van der Waals surface area contributed by atoms with E-state index in [1.807, 2.05) is 27.7 Å². The molecule has 74 valence electrons. The van der Waals surface area contributed by atoms with Gasteiger partial charge in [0.2, 0.25) is 0 Å². The fourth-order valence-electron chi connectivity index (χ4n) is 0.610. The first-order chi connectivity index (χ1) is 5.27. The lowest BCUT2D eigenvalue weighted by Gasteiger charge is -2.26. The van der Waals surface area contributed by atoms with Crippen molar-refractivity contribution in [3.05, 3.63) is 0 Å². The SMILES string of the molecule is CC(C)OP(=O)(Cl)N(C)C(C)C. The number of rotatable bonds is 4. The van der Waals surface area contributed by atoms with Crippen LogP contribution >= 0.6 is 18.1 Å². The van der Waals surface area contributed by atoms with Crippen molar-refractivity contribution in [3.8, 4) is 0 Å². The quantitative estimate of drug-likeness (QED) is 0.672. The summed E-state index contributed by atoms with van der Waals surface area (Å²) in [5, 5.41) is 0. The van der Waals surface area contributed by atoms with E-state index in [9.17, 15) is 4.57 Å². The Morgan fingerprint density at radius 2 is 1.75 bits per heavy atom. The van der Waals surface area contributed by atoms with Crippen LogP contribution in [0, 0.1) is 0 Å². The summed E-state index contributed by atoms with van der Waals surface area (Å²) in [5.41, 5.74) is 0. The van der Waals surface area contributed by atoms with Crippen LogP contribution in [0.15, 0.2) is 0 Å². The van der Waals surface area contributed by atoms with Crippen LogP contribution in [0.3, 0.4) is 0 Å². The van der Waals surface area contributed by atoms with Gasteiger partial charge in [0.25, 0.3) is 0 Å². The van der Waals surface area contributed by atoms with Gasteiger partial charge >= 0.3 is 6.87 Å². The van der Waals surface area contributed by atoms with Crippen LogP contribution in [-0.4, -0.2) is 23.9 Å². The minimum Gasteiger partial charge on any atom is -0.303 e. The summed E-state index contributed by atoms with van der Waals surface area (Å²) in [6, 6.07) is 0.118. The lowest BCUT2D eigenvalue weighted by atomic mass is 10.4. The summed E-state index contributed by atoms with van der Waals surface area (Å²) >= 11 is 5.74. The molecule has 0 bridgehead atoms. The second kappa shape index (κ2) is 4.61. The van der Waals surface area contributed by atoms with E-state index >= 15 is 0 Å². The maximum absolute atomic E-state index is 11.6. The van der Waals surface area contributed by atoms with Crippen molar-refractivity contribution >= 4 is 18.1 Å². The maximum atomic E-state index is 11.6. The van der Waals surface area contributed by atoms with Gasteiger partial charge in [-0.2, -0.15) is 0 Å². The van der Waals surface area contributed by atoms with Crippen LogP contribution in [0.25, 0.3) is 0 Å². The molecule has 1 unspecified atom stereocenters. The summed E-state index contributed by atoms with van der Waals surface area (Å²) in [6.45, 7) is 4.36. The summed E-state index contributed by atoms with van der Waals surface area (Å²) in [7, 11) is 1.70. The maximum Gasteiger partial charge on any atom is 0.363 e. The summed E-state index contributed by atoms with van der Waals surface area (Å²) < 4.78 is 18.3. The monoisotopic (exact) mass is 213 g/mol. The number of halogens is 1. The molecule has 0 N–H and O–H groups in total. The van der Waals surface area contributed by atoms with E-state index in [0.717, 1.165) is 0 Å². The normalized spacial score (nSPS) is 17.4. The predicted molar refractivity (Wildman–Crippen MR) is 52.6 cm³/mol. The van der Waals surface area contributed by atoms with E-state index in [1.54, 1.807) is 11.7 Å². The topological polar surface area (TPSA) is 29.5 Å². The summed E-state index contributed by atoms with van der Waals surface area (Å²) in [4.78, 5) is 0. The Morgan fingerprint density at radius 3 is 2.00 bits per heavy atom. The Kier molecular flexibility index (Phi) is 4.78. The Bertz CT molecular complexity index is 184. The van der Waals surface area contributed by atoms with Gasteiger partial charge in [-0.1, -0.05) is 0 Å². The molecule has 0 aromatic rings. The molecule has 0 spiro atoms. The fraction of sp³-hybridized carbons (Fsp3) is 1.00. The standard InChI is InChI=1S/C7H17ClNO2P/c1-6(2)9(5)12(8,10)11-7(3)4/h6-7H,1-5H3. The fourth-order valence-corrected chi connectivity index (χ4v) is 2.83. The van der Waals surface area contributed by atoms with Crippen LogP contribution in [0.4, 0.5) is 0 Å². The van der Waals surface area contributed by atoms with Crippen LogP contribution in [0.2, 0.25) is 0 Å². The molecule has 5 heteroatoms. The summed E-state index contributed by atoms with van der Waals surface area (Å²) in [6.07, 6.45) is -0.116. The van der Waals surface area contributed by atoms with Gasteiger partial charge in [0.1, 0.15) is 0 Å². The highest BCUT2D eigenvalue weighted by Crippen LogP contribution is 2.56. The second-order valence-corrected chi connectivity index (χ2v) is 6.30. The van der Waals surface area contributed by atoms with Crippen molar-refractivity contribution in [3.63, 3.8) is 0 Å². The zero-order chi connectivity index (χ0) is 9.94. The molecular formula is C7H17ClNO2P. The molecule has 0 amide bonds. The first kappa shape index (κ1) is 12.4. The van der Waals surface area contributed by atoms with Crippen molar-refractivity contribution in [2.45, 2.75) is 39.8 Å². The molecule has 0 radical (unpaired) electrons. The first-order valence-corrected chi connectivity index (χ1v) is 6.47. The molecule has 12 heavy (non-hydrogen) atoms. The minimum absolute atomic E-state index is 0.116. The van der Waals surface area contributed by atoms with Crippen molar-refractivity contribution in [1.29, 1.82) is 0 Å². The highest BCUT2D eigenvalue weighted by atomic mass is 35.7. The molecule has 0 aliphatic rings. The highest BCUT2D eigenvalue weighted by Gasteiger charge is 2.29. The van der Waals surface area contributed by atoms with Crippen LogP contribution in [0.1, 0.15) is 27.7 Å². The molecule has 0 saturated carbocycles. The van der Waals surface area contributed by atoms with Crippen LogP contribution in [0.5, 0.6) is 0 Å². The highest BCUT2D eigenvalue weighted by molar-refractivity contribution is 7.83. The Hall–Kier alpha value is 0.440. The van der Waals surface area contributed by atoms with Crippen molar-refractivity contribution in [2.75, 3.05) is 7.05 Å². The van der Waals surface area contributed by atoms with Gasteiger partial charge in [0.05, 0.1) is 6.10 Å². The molecule has 0 saturated heterocycles. The second-order valence-electron chi connectivity index (χ2n) is 3.27. The molecule has 0 aliphatic carbocycles. The number of hydrogen-bond acceptors (Lipinski definition) is 2. The third-order valence-corrected chi connectivity index (χ3v) is 4.32. The minimum atomic E-state index is -3.09. The van der Waals surface area contributed by atoms with Crippen molar-refractivity contribution in [1.82, 2.24) is 4.67 Å². The third-order valence-electron chi connectivity index (χ3n) is 1.46. The smallest absolute Gasteiger partial charge is 0.303 e. The van der Waals surface area contributed by atoms with E-state index in [0.29, 0.717) is 0 Å². The molecule has 0 aromatic carbocycles. The molecule has 0 fully saturated rings. The summed E-state index contributed by atoms with van der Waals surface area (Å²) in [5.74, 6) is 0. The van der Waals surface area contributed by atoms with E-state index < -0.39 is 6.87 Å². The lowest BCUT2D eigenvalue weighted by molar-refractivity contribution is 0.217. The van der Waals surface area contributed by atoms with Crippen molar-refractivity contribution < 1.29 is 9.09 Å². The molecule has 0 rings (SSSR count). The average molecular weight is 214 g/mol. The first-order valence-electron chi connectivity index (χ1n) is 3.98. The Morgan fingerprint density at radius 1 is 1.33 bits per heavy atom. The molecule has 0 heterocycles. The zero-order valence-corrected chi connectivity index (χ0v) is 9.89. The predicted octanol–water partition coefficient (Wildman–Crippen LogP) is 3.10. The van der Waals surface area contributed by atoms with Crippen LogP contribution in [-0.2, 0) is 9.09 Å². The Balaban J connectivity index is 4.29. The lowest BCUT2D eigenvalue weighted by Crippen LogP contribution is -2.23. The van der Waals surface area contributed by atoms with E-state index in [1.165, 1.54) is 0 Å². The molecule has 1 atom stereocenters. The van der Waals surface area contributed by atoms with E-state index in [2.05, 4.69) is 0 Å². The van der Waals surface area contributed by atoms with Gasteiger partial charge in [0, 0.05) is 6.04 Å². The Labute approximate surface area is 79.3 Å². The van der Waals surface area contributed by atoms with Gasteiger partial charge in [-0.15, -0.1) is 0 Å². The molecule has 0 aliphatic heterocycles. The van der Waals surface area contributed by atoms with E-state index in [-0.39, 0.29) is 12.1 Å². The number of hydrogen-bond donors (Lipinski definition) is 0. The van der Waals surface area contributed by atoms with Gasteiger partial charge < -0.3 is 4.52 Å². The zero-order valence-electron chi connectivity index (χ0n) is 8.24. The van der Waals surface area contributed by atoms with Gasteiger partial charge in [-0.25, -0.2) is 4.67 Å². The largest absolute Gasteiger partial charge is 0.363 e. The number of nitrogens with zero attached hydrogens (tertiary/aromatic N) is 1. The molecule has 3 nitrogen and oxygen atoms in total. The van der Waals surface area contributed by atoms with Gasteiger partial charge in [-0.3, -0.25) is 4.57 Å².